The topological polar surface area (TPSA) is 20.2 Å². The van der Waals surface area contributed by atoms with Crippen molar-refractivity contribution in [2.45, 2.75) is 127 Å². The second kappa shape index (κ2) is 10.2. The maximum Gasteiger partial charge on any atom is 0.0490 e. The van der Waals surface area contributed by atoms with Gasteiger partial charge in [-0.2, -0.15) is 0 Å². The molecular formula is C33H60O. The van der Waals surface area contributed by atoms with Gasteiger partial charge in [0.25, 0.3) is 0 Å². The molecule has 0 saturated heterocycles. The molecule has 5 rings (SSSR count). The molecule has 5 aliphatic carbocycles. The van der Waals surface area contributed by atoms with E-state index in [-0.39, 0.29) is 5.41 Å². The van der Waals surface area contributed by atoms with Crippen LogP contribution in [0.4, 0.5) is 0 Å². The lowest BCUT2D eigenvalue weighted by Gasteiger charge is -2.71. The third kappa shape index (κ3) is 3.97. The Balaban J connectivity index is 0.000000603. The second-order valence-corrected chi connectivity index (χ2v) is 14.2. The molecule has 5 fully saturated rings. The van der Waals surface area contributed by atoms with Gasteiger partial charge in [0.2, 0.25) is 0 Å². The number of rotatable bonds is 1. The predicted molar refractivity (Wildman–Crippen MR) is 149 cm³/mol. The molecule has 5 aliphatic rings. The number of aliphatic hydroxyl groups is 1. The molecule has 1 heteroatoms. The van der Waals surface area contributed by atoms with Gasteiger partial charge in [-0.05, 0) is 134 Å². The van der Waals surface area contributed by atoms with Crippen molar-refractivity contribution in [3.05, 3.63) is 12.7 Å². The summed E-state index contributed by atoms with van der Waals surface area (Å²) in [6, 6.07) is 0. The minimum Gasteiger partial charge on any atom is -0.396 e. The van der Waals surface area contributed by atoms with E-state index in [2.05, 4.69) is 48.1 Å². The Hall–Kier alpha value is -0.300. The largest absolute Gasteiger partial charge is 0.396 e. The third-order valence-corrected chi connectivity index (χ3v) is 13.1. The summed E-state index contributed by atoms with van der Waals surface area (Å²) < 4.78 is 0. The van der Waals surface area contributed by atoms with Gasteiger partial charge in [0, 0.05) is 6.61 Å². The lowest BCUT2D eigenvalue weighted by molar-refractivity contribution is -0.231. The van der Waals surface area contributed by atoms with Gasteiger partial charge < -0.3 is 5.11 Å². The van der Waals surface area contributed by atoms with E-state index in [1.54, 1.807) is 6.08 Å². The van der Waals surface area contributed by atoms with Crippen LogP contribution in [0, 0.1) is 63.1 Å². The summed E-state index contributed by atoms with van der Waals surface area (Å²) in [5.41, 5.74) is 1.84. The van der Waals surface area contributed by atoms with Crippen LogP contribution in [0.3, 0.4) is 0 Å². The van der Waals surface area contributed by atoms with Crippen molar-refractivity contribution in [2.24, 2.45) is 63.1 Å². The first-order valence-corrected chi connectivity index (χ1v) is 15.2. The fourth-order valence-electron chi connectivity index (χ4n) is 11.2. The Morgan fingerprint density at radius 3 is 2.09 bits per heavy atom. The Bertz CT molecular complexity index is 699. The van der Waals surface area contributed by atoms with Crippen molar-refractivity contribution in [1.82, 2.24) is 0 Å². The van der Waals surface area contributed by atoms with Gasteiger partial charge >= 0.3 is 0 Å². The fraction of sp³-hybridized carbons (Fsp3) is 0.939. The average molecular weight is 473 g/mol. The highest BCUT2D eigenvalue weighted by Crippen LogP contribution is 2.76. The first-order chi connectivity index (χ1) is 16.0. The SMILES string of the molecule is C=CC.CC.CC1CC2C3CCC4C5(C)CCC(C)C(C)C5CCC4(C)[C@]3(C)CCC2(CO)C1. The van der Waals surface area contributed by atoms with Gasteiger partial charge in [-0.3, -0.25) is 0 Å². The van der Waals surface area contributed by atoms with Crippen LogP contribution in [0.5, 0.6) is 0 Å². The van der Waals surface area contributed by atoms with Gasteiger partial charge in [0.05, 0.1) is 0 Å². The zero-order chi connectivity index (χ0) is 25.5. The molecule has 0 radical (unpaired) electrons. The molecule has 11 atom stereocenters. The zero-order valence-electron chi connectivity index (χ0n) is 24.6. The molecule has 198 valence electrons. The summed E-state index contributed by atoms with van der Waals surface area (Å²) in [5, 5.41) is 10.5. The molecule has 0 heterocycles. The van der Waals surface area contributed by atoms with E-state index in [1.165, 1.54) is 64.2 Å². The number of fused-ring (bicyclic) bond motifs is 7. The minimum absolute atomic E-state index is 0.267. The Morgan fingerprint density at radius 1 is 0.824 bits per heavy atom. The summed E-state index contributed by atoms with van der Waals surface area (Å²) in [6.07, 6.45) is 15.9. The highest BCUT2D eigenvalue weighted by Gasteiger charge is 2.69. The highest BCUT2D eigenvalue weighted by atomic mass is 16.3. The van der Waals surface area contributed by atoms with E-state index in [4.69, 9.17) is 0 Å². The zero-order valence-corrected chi connectivity index (χ0v) is 24.6. The van der Waals surface area contributed by atoms with Gasteiger partial charge in [-0.25, -0.2) is 0 Å². The molecule has 1 nitrogen and oxygen atoms in total. The molecular weight excluding hydrogens is 412 g/mol. The van der Waals surface area contributed by atoms with E-state index >= 15 is 0 Å². The van der Waals surface area contributed by atoms with E-state index in [0.717, 1.165) is 41.4 Å². The number of hydrogen-bond acceptors (Lipinski definition) is 1. The minimum atomic E-state index is 0.267. The van der Waals surface area contributed by atoms with E-state index in [1.807, 2.05) is 20.8 Å². The molecule has 0 amide bonds. The van der Waals surface area contributed by atoms with E-state index in [0.29, 0.717) is 22.9 Å². The standard InChI is InChI=1S/C28H48O.C3H6.C2H6/c1-18-15-23-22-7-8-24-25(4)11-9-19(2)20(3)21(25)10-12-27(24,6)26(22,5)13-14-28(23,16-18)17-29;1-3-2;1-2/h18-24,29H,7-17H2,1-6H3;3H,1H2,2H3;1-2H3/t18?,19?,20?,21?,22?,23?,24?,25?,26-,27?,28?;;/m1../s1. The normalized spacial score (nSPS) is 53.4. The Labute approximate surface area is 214 Å². The van der Waals surface area contributed by atoms with Gasteiger partial charge in [-0.1, -0.05) is 61.5 Å². The van der Waals surface area contributed by atoms with Crippen LogP contribution in [0.25, 0.3) is 0 Å². The quantitative estimate of drug-likeness (QED) is 0.377. The second-order valence-electron chi connectivity index (χ2n) is 14.2. The Morgan fingerprint density at radius 2 is 1.47 bits per heavy atom. The molecule has 5 saturated carbocycles. The lowest BCUT2D eigenvalue weighted by atomic mass is 9.33. The van der Waals surface area contributed by atoms with Crippen LogP contribution in [0.1, 0.15) is 127 Å². The van der Waals surface area contributed by atoms with Crippen LogP contribution < -0.4 is 0 Å². The Kier molecular flexibility index (Phi) is 8.50. The van der Waals surface area contributed by atoms with Gasteiger partial charge in [0.15, 0.2) is 0 Å². The van der Waals surface area contributed by atoms with Gasteiger partial charge in [0.1, 0.15) is 0 Å². The predicted octanol–water partition coefficient (Wildman–Crippen LogP) is 9.54. The summed E-state index contributed by atoms with van der Waals surface area (Å²) >= 11 is 0. The van der Waals surface area contributed by atoms with Crippen LogP contribution in [-0.4, -0.2) is 11.7 Å². The maximum absolute atomic E-state index is 10.5. The first kappa shape index (κ1) is 28.3. The lowest BCUT2D eigenvalue weighted by Crippen LogP contribution is -2.64. The van der Waals surface area contributed by atoms with Crippen molar-refractivity contribution < 1.29 is 5.11 Å². The fourth-order valence-corrected chi connectivity index (χ4v) is 11.2. The van der Waals surface area contributed by atoms with E-state index in [9.17, 15) is 5.11 Å². The highest BCUT2D eigenvalue weighted by molar-refractivity contribution is 5.17. The molecule has 0 aromatic heterocycles. The third-order valence-electron chi connectivity index (χ3n) is 13.1. The molecule has 34 heavy (non-hydrogen) atoms. The first-order valence-electron chi connectivity index (χ1n) is 15.2. The van der Waals surface area contributed by atoms with E-state index < -0.39 is 0 Å². The van der Waals surface area contributed by atoms with Crippen LogP contribution in [0.2, 0.25) is 0 Å². The van der Waals surface area contributed by atoms with Crippen molar-refractivity contribution in [3.8, 4) is 0 Å². The van der Waals surface area contributed by atoms with Crippen LogP contribution in [0.15, 0.2) is 12.7 Å². The molecule has 0 spiro atoms. The summed E-state index contributed by atoms with van der Waals surface area (Å²) in [6.45, 7) is 25.5. The maximum atomic E-state index is 10.5. The van der Waals surface area contributed by atoms with Crippen molar-refractivity contribution >= 4 is 0 Å². The van der Waals surface area contributed by atoms with Crippen LogP contribution in [-0.2, 0) is 0 Å². The molecule has 1 N–H and O–H groups in total. The summed E-state index contributed by atoms with van der Waals surface area (Å²) in [7, 11) is 0. The van der Waals surface area contributed by atoms with Crippen molar-refractivity contribution in [3.63, 3.8) is 0 Å². The molecule has 0 aromatic rings. The molecule has 0 aromatic carbocycles. The summed E-state index contributed by atoms with van der Waals surface area (Å²) in [4.78, 5) is 0. The average Bonchev–Trinajstić information content (AvgIpc) is 3.16. The van der Waals surface area contributed by atoms with Crippen molar-refractivity contribution in [2.75, 3.05) is 6.61 Å². The molecule has 0 aliphatic heterocycles. The van der Waals surface area contributed by atoms with Gasteiger partial charge in [-0.15, -0.1) is 6.58 Å². The van der Waals surface area contributed by atoms with Crippen molar-refractivity contribution in [1.29, 1.82) is 0 Å². The van der Waals surface area contributed by atoms with Crippen LogP contribution >= 0.6 is 0 Å². The smallest absolute Gasteiger partial charge is 0.0490 e. The number of hydrogen-bond donors (Lipinski definition) is 1. The molecule has 10 unspecified atom stereocenters. The summed E-state index contributed by atoms with van der Waals surface area (Å²) in [5.74, 6) is 6.16. The monoisotopic (exact) mass is 472 g/mol. The molecule has 0 bridgehead atoms. The number of aliphatic hydroxyl groups excluding tert-OH is 1. The number of allylic oxidation sites excluding steroid dienone is 1.